The molecule has 0 heterocycles. The van der Waals surface area contributed by atoms with Crippen LogP contribution in [0, 0.1) is 5.92 Å². The summed E-state index contributed by atoms with van der Waals surface area (Å²) in [5, 5.41) is 0. The molecule has 0 spiro atoms. The minimum absolute atomic E-state index is 0.000716. The molecule has 0 bridgehead atoms. The largest absolute Gasteiger partial charge is 0.373 e. The van der Waals surface area contributed by atoms with Crippen molar-refractivity contribution < 1.29 is 9.53 Å². The van der Waals surface area contributed by atoms with Crippen molar-refractivity contribution in [3.8, 4) is 0 Å². The summed E-state index contributed by atoms with van der Waals surface area (Å²) in [6.07, 6.45) is 2.74. The maximum Gasteiger partial charge on any atom is 0.127 e. The van der Waals surface area contributed by atoms with E-state index in [1.165, 1.54) is 5.56 Å². The second-order valence-electron chi connectivity index (χ2n) is 4.26. The van der Waals surface area contributed by atoms with Crippen LogP contribution in [-0.4, -0.2) is 12.4 Å². The van der Waals surface area contributed by atoms with Crippen LogP contribution in [0.5, 0.6) is 0 Å². The first-order chi connectivity index (χ1) is 7.79. The average Bonchev–Trinajstić information content (AvgIpc) is 2.69. The molecule has 16 heavy (non-hydrogen) atoms. The summed E-state index contributed by atoms with van der Waals surface area (Å²) in [5.74, 6) is 0.000716. The van der Waals surface area contributed by atoms with E-state index in [0.29, 0.717) is 6.61 Å². The molecule has 0 saturated heterocycles. The van der Waals surface area contributed by atoms with Gasteiger partial charge in [-0.15, -0.1) is 0 Å². The Morgan fingerprint density at radius 3 is 2.75 bits per heavy atom. The van der Waals surface area contributed by atoms with Crippen LogP contribution in [0.15, 0.2) is 42.5 Å². The van der Waals surface area contributed by atoms with E-state index in [2.05, 4.69) is 6.58 Å². The lowest BCUT2D eigenvalue weighted by Gasteiger charge is -2.10. The van der Waals surface area contributed by atoms with Gasteiger partial charge in [-0.1, -0.05) is 42.5 Å². The molecule has 1 saturated carbocycles. The SMILES string of the molecule is C=C1C[C@@H](OCc2ccccc2)CC1C=O. The zero-order valence-corrected chi connectivity index (χ0v) is 9.26. The van der Waals surface area contributed by atoms with Crippen molar-refractivity contribution >= 4 is 6.29 Å². The van der Waals surface area contributed by atoms with Gasteiger partial charge in [0.2, 0.25) is 0 Å². The first-order valence-corrected chi connectivity index (χ1v) is 5.58. The van der Waals surface area contributed by atoms with Crippen molar-refractivity contribution in [1.29, 1.82) is 0 Å². The highest BCUT2D eigenvalue weighted by Gasteiger charge is 2.27. The van der Waals surface area contributed by atoms with E-state index in [4.69, 9.17) is 4.74 Å². The molecule has 84 valence electrons. The van der Waals surface area contributed by atoms with E-state index in [1.54, 1.807) is 0 Å². The molecule has 1 unspecified atom stereocenters. The van der Waals surface area contributed by atoms with Crippen LogP contribution in [0.2, 0.25) is 0 Å². The van der Waals surface area contributed by atoms with E-state index in [9.17, 15) is 4.79 Å². The molecule has 0 aromatic heterocycles. The lowest BCUT2D eigenvalue weighted by molar-refractivity contribution is -0.110. The minimum Gasteiger partial charge on any atom is -0.373 e. The van der Waals surface area contributed by atoms with Gasteiger partial charge in [-0.3, -0.25) is 0 Å². The van der Waals surface area contributed by atoms with Crippen molar-refractivity contribution in [2.45, 2.75) is 25.6 Å². The first-order valence-electron chi connectivity index (χ1n) is 5.58. The topological polar surface area (TPSA) is 26.3 Å². The second kappa shape index (κ2) is 5.08. The van der Waals surface area contributed by atoms with E-state index in [-0.39, 0.29) is 12.0 Å². The van der Waals surface area contributed by atoms with E-state index >= 15 is 0 Å². The van der Waals surface area contributed by atoms with Crippen LogP contribution < -0.4 is 0 Å². The molecule has 1 aliphatic rings. The number of rotatable bonds is 4. The van der Waals surface area contributed by atoms with Crippen molar-refractivity contribution in [3.63, 3.8) is 0 Å². The molecular formula is C14H16O2. The van der Waals surface area contributed by atoms with Gasteiger partial charge < -0.3 is 9.53 Å². The summed E-state index contributed by atoms with van der Waals surface area (Å²) < 4.78 is 5.77. The highest BCUT2D eigenvalue weighted by atomic mass is 16.5. The minimum atomic E-state index is 0.000716. The standard InChI is InChI=1S/C14H16O2/c1-11-7-14(8-13(11)9-15)16-10-12-5-3-2-4-6-12/h2-6,9,13-14H,1,7-8,10H2/t13?,14-/m1/s1. The van der Waals surface area contributed by atoms with Crippen molar-refractivity contribution in [2.75, 3.05) is 0 Å². The Labute approximate surface area is 95.9 Å². The Balaban J connectivity index is 1.84. The molecular weight excluding hydrogens is 200 g/mol. The molecule has 0 aliphatic heterocycles. The maximum absolute atomic E-state index is 10.7. The molecule has 0 amide bonds. The number of benzene rings is 1. The molecule has 0 radical (unpaired) electrons. The van der Waals surface area contributed by atoms with Crippen LogP contribution in [-0.2, 0) is 16.1 Å². The molecule has 1 aromatic carbocycles. The number of carbonyl (C=O) groups is 1. The maximum atomic E-state index is 10.7. The van der Waals surface area contributed by atoms with Gasteiger partial charge >= 0.3 is 0 Å². The van der Waals surface area contributed by atoms with E-state index in [1.807, 2.05) is 30.3 Å². The fraction of sp³-hybridized carbons (Fsp3) is 0.357. The molecule has 1 aliphatic carbocycles. The Morgan fingerprint density at radius 1 is 1.38 bits per heavy atom. The van der Waals surface area contributed by atoms with Crippen molar-refractivity contribution in [3.05, 3.63) is 48.0 Å². The Hall–Kier alpha value is -1.41. The predicted molar refractivity (Wildman–Crippen MR) is 62.9 cm³/mol. The Morgan fingerprint density at radius 2 is 2.12 bits per heavy atom. The monoisotopic (exact) mass is 216 g/mol. The van der Waals surface area contributed by atoms with Gasteiger partial charge in [0.1, 0.15) is 6.29 Å². The van der Waals surface area contributed by atoms with Crippen LogP contribution in [0.4, 0.5) is 0 Å². The van der Waals surface area contributed by atoms with Gasteiger partial charge in [0.15, 0.2) is 0 Å². The highest BCUT2D eigenvalue weighted by Crippen LogP contribution is 2.30. The molecule has 0 N–H and O–H groups in total. The number of hydrogen-bond donors (Lipinski definition) is 0. The Bertz CT molecular complexity index is 370. The predicted octanol–water partition coefficient (Wildman–Crippen LogP) is 2.74. The molecule has 2 heteroatoms. The highest BCUT2D eigenvalue weighted by molar-refractivity contribution is 5.59. The van der Waals surface area contributed by atoms with Crippen molar-refractivity contribution in [1.82, 2.24) is 0 Å². The molecule has 2 nitrogen and oxygen atoms in total. The summed E-state index contributed by atoms with van der Waals surface area (Å²) >= 11 is 0. The second-order valence-corrected chi connectivity index (χ2v) is 4.26. The molecule has 1 fully saturated rings. The normalized spacial score (nSPS) is 24.6. The van der Waals surface area contributed by atoms with Crippen LogP contribution in [0.1, 0.15) is 18.4 Å². The van der Waals surface area contributed by atoms with Crippen molar-refractivity contribution in [2.24, 2.45) is 5.92 Å². The van der Waals surface area contributed by atoms with Gasteiger partial charge in [-0.25, -0.2) is 0 Å². The number of aldehydes is 1. The zero-order chi connectivity index (χ0) is 11.4. The van der Waals surface area contributed by atoms with E-state index < -0.39 is 0 Å². The summed E-state index contributed by atoms with van der Waals surface area (Å²) in [6.45, 7) is 4.52. The smallest absolute Gasteiger partial charge is 0.127 e. The quantitative estimate of drug-likeness (QED) is 0.571. The third kappa shape index (κ3) is 2.58. The average molecular weight is 216 g/mol. The fourth-order valence-electron chi connectivity index (χ4n) is 2.04. The third-order valence-electron chi connectivity index (χ3n) is 3.02. The van der Waals surface area contributed by atoms with E-state index in [0.717, 1.165) is 24.7 Å². The lowest BCUT2D eigenvalue weighted by atomic mass is 10.1. The summed E-state index contributed by atoms with van der Waals surface area (Å²) in [4.78, 5) is 10.7. The number of carbonyl (C=O) groups excluding carboxylic acids is 1. The van der Waals surface area contributed by atoms with Gasteiger partial charge in [-0.2, -0.15) is 0 Å². The van der Waals surface area contributed by atoms with Gasteiger partial charge in [0.05, 0.1) is 12.7 Å². The number of hydrogen-bond acceptors (Lipinski definition) is 2. The fourth-order valence-corrected chi connectivity index (χ4v) is 2.04. The van der Waals surface area contributed by atoms with Gasteiger partial charge in [0.25, 0.3) is 0 Å². The summed E-state index contributed by atoms with van der Waals surface area (Å²) in [6, 6.07) is 10.1. The Kier molecular flexibility index (Phi) is 3.52. The zero-order valence-electron chi connectivity index (χ0n) is 9.26. The summed E-state index contributed by atoms with van der Waals surface area (Å²) in [7, 11) is 0. The summed E-state index contributed by atoms with van der Waals surface area (Å²) in [5.41, 5.74) is 2.18. The van der Waals surface area contributed by atoms with Gasteiger partial charge in [0, 0.05) is 5.92 Å². The van der Waals surface area contributed by atoms with Gasteiger partial charge in [-0.05, 0) is 18.4 Å². The number of ether oxygens (including phenoxy) is 1. The molecule has 1 aromatic rings. The van der Waals surface area contributed by atoms with Crippen LogP contribution in [0.3, 0.4) is 0 Å². The third-order valence-corrected chi connectivity index (χ3v) is 3.02. The molecule has 2 atom stereocenters. The lowest BCUT2D eigenvalue weighted by Crippen LogP contribution is -2.08. The molecule has 2 rings (SSSR count). The van der Waals surface area contributed by atoms with Crippen LogP contribution in [0.25, 0.3) is 0 Å². The van der Waals surface area contributed by atoms with Crippen LogP contribution >= 0.6 is 0 Å². The first kappa shape index (κ1) is 11.1.